The highest BCUT2D eigenvalue weighted by Gasteiger charge is 2.65. The summed E-state index contributed by atoms with van der Waals surface area (Å²) < 4.78 is 0. The Balaban J connectivity index is 1.32. The molecule has 0 radical (unpaired) electrons. The van der Waals surface area contributed by atoms with Crippen LogP contribution in [0.25, 0.3) is 5.57 Å². The zero-order valence-electron chi connectivity index (χ0n) is 22.6. The molecule has 5 aliphatic rings. The first kappa shape index (κ1) is 24.6. The first-order valence-electron chi connectivity index (χ1n) is 14.4. The number of aromatic nitrogens is 2. The van der Waals surface area contributed by atoms with E-state index in [1.165, 1.54) is 63.4 Å². The third-order valence-electron chi connectivity index (χ3n) is 12.7. The number of hydrogen-bond donors (Lipinski definition) is 2. The van der Waals surface area contributed by atoms with Crippen molar-refractivity contribution >= 4 is 11.5 Å². The molecule has 6 rings (SSSR count). The molecule has 0 aromatic carbocycles. The molecule has 0 saturated heterocycles. The number of rotatable bonds is 3. The van der Waals surface area contributed by atoms with Crippen molar-refractivity contribution in [3.8, 4) is 0 Å². The molecule has 196 valence electrons. The zero-order chi connectivity index (χ0) is 25.5. The van der Waals surface area contributed by atoms with Crippen molar-refractivity contribution < 1.29 is 15.0 Å². The number of carboxylic acid groups (broad SMARTS) is 1. The molecule has 2 N–H and O–H groups in total. The minimum absolute atomic E-state index is 0.0106. The van der Waals surface area contributed by atoms with Crippen LogP contribution >= 0.6 is 0 Å². The fourth-order valence-electron chi connectivity index (χ4n) is 11.3. The van der Waals surface area contributed by atoms with E-state index in [-0.39, 0.29) is 22.1 Å². The number of aromatic carboxylic acids is 1. The van der Waals surface area contributed by atoms with Crippen molar-refractivity contribution in [2.75, 3.05) is 6.61 Å². The molecule has 5 aliphatic carbocycles. The predicted octanol–water partition coefficient (Wildman–Crippen LogP) is 6.63. The van der Waals surface area contributed by atoms with E-state index in [4.69, 9.17) is 0 Å². The lowest BCUT2D eigenvalue weighted by Crippen LogP contribution is -2.61. The van der Waals surface area contributed by atoms with Gasteiger partial charge in [0, 0.05) is 24.6 Å². The van der Waals surface area contributed by atoms with Gasteiger partial charge in [-0.05, 0) is 115 Å². The molecule has 0 amide bonds. The van der Waals surface area contributed by atoms with Gasteiger partial charge >= 0.3 is 5.97 Å². The molecule has 1 heterocycles. The van der Waals surface area contributed by atoms with Gasteiger partial charge in [0.15, 0.2) is 0 Å². The van der Waals surface area contributed by atoms with E-state index in [0.717, 1.165) is 35.7 Å². The van der Waals surface area contributed by atoms with Gasteiger partial charge in [-0.15, -0.1) is 0 Å². The normalized spacial score (nSPS) is 45.0. The first-order chi connectivity index (χ1) is 17.1. The molecule has 5 heteroatoms. The zero-order valence-corrected chi connectivity index (χ0v) is 22.6. The maximum Gasteiger partial charge on any atom is 0.373 e. The second-order valence-electron chi connectivity index (χ2n) is 14.2. The summed E-state index contributed by atoms with van der Waals surface area (Å²) in [4.78, 5) is 19.5. The van der Waals surface area contributed by atoms with E-state index in [2.05, 4.69) is 43.7 Å². The molecular weight excluding hydrogens is 448 g/mol. The third-order valence-corrected chi connectivity index (χ3v) is 12.7. The average molecular weight is 493 g/mol. The minimum atomic E-state index is -1.08. The Morgan fingerprint density at radius 3 is 2.36 bits per heavy atom. The van der Waals surface area contributed by atoms with Crippen LogP contribution in [0, 0.1) is 51.2 Å². The van der Waals surface area contributed by atoms with Gasteiger partial charge in [0.05, 0.1) is 0 Å². The number of carbonyl (C=O) groups is 1. The van der Waals surface area contributed by atoms with Crippen LogP contribution in [0.1, 0.15) is 108 Å². The van der Waals surface area contributed by atoms with Crippen molar-refractivity contribution in [3.63, 3.8) is 0 Å². The number of allylic oxidation sites excluding steroid dienone is 2. The van der Waals surface area contributed by atoms with Gasteiger partial charge in [0.1, 0.15) is 0 Å². The molecule has 4 saturated carbocycles. The average Bonchev–Trinajstić information content (AvgIpc) is 3.29. The number of hydrogen-bond acceptors (Lipinski definition) is 4. The molecule has 0 spiro atoms. The molecule has 8 atom stereocenters. The van der Waals surface area contributed by atoms with Gasteiger partial charge in [-0.2, -0.15) is 0 Å². The van der Waals surface area contributed by atoms with Crippen LogP contribution in [0.4, 0.5) is 0 Å². The number of carboxylic acids is 1. The maximum absolute atomic E-state index is 11.3. The van der Waals surface area contributed by atoms with Gasteiger partial charge in [0.25, 0.3) is 0 Å². The smallest absolute Gasteiger partial charge is 0.373 e. The fourth-order valence-corrected chi connectivity index (χ4v) is 11.3. The van der Waals surface area contributed by atoms with Crippen LogP contribution in [0.3, 0.4) is 0 Å². The lowest BCUT2D eigenvalue weighted by molar-refractivity contribution is -0.181. The molecule has 1 aromatic heterocycles. The Labute approximate surface area is 216 Å². The summed E-state index contributed by atoms with van der Waals surface area (Å²) in [5.41, 5.74) is 3.14. The van der Waals surface area contributed by atoms with Crippen molar-refractivity contribution in [3.05, 3.63) is 29.9 Å². The lowest BCUT2D eigenvalue weighted by Gasteiger charge is -2.68. The topological polar surface area (TPSA) is 83.3 Å². The molecule has 0 aliphatic heterocycles. The van der Waals surface area contributed by atoms with E-state index in [1.807, 2.05) is 0 Å². The summed E-state index contributed by atoms with van der Waals surface area (Å²) in [5.74, 6) is 2.46. The summed E-state index contributed by atoms with van der Waals surface area (Å²) in [5, 5.41) is 19.6. The first-order valence-corrected chi connectivity index (χ1v) is 14.4. The molecule has 4 fully saturated rings. The largest absolute Gasteiger partial charge is 0.475 e. The van der Waals surface area contributed by atoms with Crippen LogP contribution in [0.15, 0.2) is 18.5 Å². The lowest BCUT2D eigenvalue weighted by atomic mass is 9.36. The van der Waals surface area contributed by atoms with E-state index < -0.39 is 5.97 Å². The second-order valence-corrected chi connectivity index (χ2v) is 14.2. The monoisotopic (exact) mass is 492 g/mol. The van der Waals surface area contributed by atoms with Crippen LogP contribution in [-0.2, 0) is 0 Å². The fraction of sp³-hybridized carbons (Fsp3) is 0.774. The Hall–Kier alpha value is -1.75. The maximum atomic E-state index is 11.3. The number of aliphatic hydroxyl groups is 1. The Bertz CT molecular complexity index is 1080. The number of fused-ring (bicyclic) bond motifs is 7. The van der Waals surface area contributed by atoms with Gasteiger partial charge in [0.2, 0.25) is 5.82 Å². The standard InChI is InChI=1S/C31H44N2O3/c1-28(2)21(19-16-32-26(27(35)36)33-17-19)9-13-30(4)24(28)11-14-29(3)22-10-15-31(18-34)12-5-6-23(31)20(22)7-8-25(29)30/h9,16-17,20,22-25,34H,5-8,10-15,18H2,1-4H3,(H,35,36)/t20-,22?,23?,24?,25?,29-,30-,31+/m0/s1. The summed E-state index contributed by atoms with van der Waals surface area (Å²) in [6, 6.07) is 0. The number of aliphatic hydroxyl groups excluding tert-OH is 1. The van der Waals surface area contributed by atoms with Gasteiger partial charge in [-0.1, -0.05) is 40.2 Å². The van der Waals surface area contributed by atoms with E-state index in [1.54, 1.807) is 12.4 Å². The van der Waals surface area contributed by atoms with Gasteiger partial charge < -0.3 is 10.2 Å². The highest BCUT2D eigenvalue weighted by Crippen LogP contribution is 2.73. The van der Waals surface area contributed by atoms with E-state index in [0.29, 0.717) is 17.9 Å². The highest BCUT2D eigenvalue weighted by molar-refractivity contribution is 5.83. The summed E-state index contributed by atoms with van der Waals surface area (Å²) in [7, 11) is 0. The minimum Gasteiger partial charge on any atom is -0.475 e. The molecular formula is C31H44N2O3. The molecule has 5 nitrogen and oxygen atoms in total. The van der Waals surface area contributed by atoms with Crippen molar-refractivity contribution in [1.82, 2.24) is 9.97 Å². The highest BCUT2D eigenvalue weighted by atomic mass is 16.4. The number of nitrogens with zero attached hydrogens (tertiary/aromatic N) is 2. The van der Waals surface area contributed by atoms with Crippen molar-refractivity contribution in [2.45, 2.75) is 91.9 Å². The van der Waals surface area contributed by atoms with Crippen molar-refractivity contribution in [1.29, 1.82) is 0 Å². The quantitative estimate of drug-likeness (QED) is 0.495. The predicted molar refractivity (Wildman–Crippen MR) is 140 cm³/mol. The molecule has 4 unspecified atom stereocenters. The van der Waals surface area contributed by atoms with Crippen LogP contribution in [0.2, 0.25) is 0 Å². The molecule has 36 heavy (non-hydrogen) atoms. The summed E-state index contributed by atoms with van der Waals surface area (Å²) in [6.45, 7) is 10.4. The second kappa shape index (κ2) is 8.12. The van der Waals surface area contributed by atoms with Crippen LogP contribution in [0.5, 0.6) is 0 Å². The van der Waals surface area contributed by atoms with Crippen LogP contribution in [-0.4, -0.2) is 32.8 Å². The van der Waals surface area contributed by atoms with E-state index in [9.17, 15) is 15.0 Å². The van der Waals surface area contributed by atoms with Crippen molar-refractivity contribution in [2.24, 2.45) is 51.2 Å². The van der Waals surface area contributed by atoms with Gasteiger partial charge in [-0.25, -0.2) is 14.8 Å². The van der Waals surface area contributed by atoms with E-state index >= 15 is 0 Å². The summed E-state index contributed by atoms with van der Waals surface area (Å²) in [6.07, 6.45) is 18.6. The molecule has 1 aromatic rings. The SMILES string of the molecule is CC1(C)C(c2cnc(C(=O)O)nc2)=CC[C@@]2(C)C1CC[C@@]1(C)C3CC[C@@]4(CO)CCCC4[C@H]3CCC12. The van der Waals surface area contributed by atoms with Crippen LogP contribution < -0.4 is 0 Å². The Morgan fingerprint density at radius 1 is 0.917 bits per heavy atom. The summed E-state index contributed by atoms with van der Waals surface area (Å²) >= 11 is 0. The van der Waals surface area contributed by atoms with Gasteiger partial charge in [-0.3, -0.25) is 0 Å². The Kier molecular flexibility index (Phi) is 5.55. The Morgan fingerprint density at radius 2 is 1.67 bits per heavy atom. The third kappa shape index (κ3) is 3.20. The molecule has 0 bridgehead atoms.